The summed E-state index contributed by atoms with van der Waals surface area (Å²) in [6.45, 7) is 2.40. The quantitative estimate of drug-likeness (QED) is 0.552. The van der Waals surface area contributed by atoms with Crippen LogP contribution in [0.3, 0.4) is 0 Å². The average molecular weight is 211 g/mol. The molecule has 1 aromatic rings. The van der Waals surface area contributed by atoms with Crippen molar-refractivity contribution in [1.29, 1.82) is 0 Å². The van der Waals surface area contributed by atoms with Crippen molar-refractivity contribution in [2.24, 2.45) is 0 Å². The Kier molecular flexibility index (Phi) is 2.68. The molecular weight excluding hydrogens is 198 g/mol. The van der Waals surface area contributed by atoms with Crippen molar-refractivity contribution in [2.75, 3.05) is 6.61 Å². The molecule has 15 heavy (non-hydrogen) atoms. The van der Waals surface area contributed by atoms with Crippen molar-refractivity contribution >= 4 is 5.69 Å². The Morgan fingerprint density at radius 1 is 1.67 bits per heavy atom. The van der Waals surface area contributed by atoms with Gasteiger partial charge < -0.3 is 4.74 Å². The highest BCUT2D eigenvalue weighted by Gasteiger charge is 2.23. The molecule has 82 valence electrons. The van der Waals surface area contributed by atoms with Crippen LogP contribution < -0.4 is 0 Å². The molecule has 0 amide bonds. The van der Waals surface area contributed by atoms with Gasteiger partial charge in [0.2, 0.25) is 0 Å². The van der Waals surface area contributed by atoms with Gasteiger partial charge in [-0.05, 0) is 26.2 Å². The number of hydrogen-bond donors (Lipinski definition) is 0. The van der Waals surface area contributed by atoms with E-state index >= 15 is 0 Å². The maximum atomic E-state index is 10.6. The lowest BCUT2D eigenvalue weighted by Gasteiger charge is -2.23. The standard InChI is InChI=1S/C9H13N3O3/c1-7-8(12(13)14)6-10-11(7)9-4-2-3-5-15-9/h6,9H,2-5H2,1H3. The van der Waals surface area contributed by atoms with Gasteiger partial charge in [-0.1, -0.05) is 0 Å². The van der Waals surface area contributed by atoms with Crippen LogP contribution in [-0.4, -0.2) is 21.3 Å². The Labute approximate surface area is 87.0 Å². The summed E-state index contributed by atoms with van der Waals surface area (Å²) in [5.41, 5.74) is 0.621. The maximum absolute atomic E-state index is 10.6. The zero-order valence-electron chi connectivity index (χ0n) is 8.55. The lowest BCUT2D eigenvalue weighted by atomic mass is 10.2. The molecule has 1 aromatic heterocycles. The minimum Gasteiger partial charge on any atom is -0.357 e. The lowest BCUT2D eigenvalue weighted by molar-refractivity contribution is -0.385. The summed E-state index contributed by atoms with van der Waals surface area (Å²) in [4.78, 5) is 10.2. The summed E-state index contributed by atoms with van der Waals surface area (Å²) >= 11 is 0. The van der Waals surface area contributed by atoms with E-state index in [4.69, 9.17) is 4.74 Å². The van der Waals surface area contributed by atoms with E-state index in [9.17, 15) is 10.1 Å². The van der Waals surface area contributed by atoms with Crippen LogP contribution in [0, 0.1) is 17.0 Å². The minimum absolute atomic E-state index is 0.0594. The summed E-state index contributed by atoms with van der Waals surface area (Å²) in [7, 11) is 0. The molecule has 2 rings (SSSR count). The molecule has 6 heteroatoms. The number of nitrogens with zero attached hydrogens (tertiary/aromatic N) is 3. The first-order valence-corrected chi connectivity index (χ1v) is 5.00. The molecule has 0 bridgehead atoms. The summed E-state index contributed by atoms with van der Waals surface area (Å²) in [5.74, 6) is 0. The van der Waals surface area contributed by atoms with Gasteiger partial charge in [0.15, 0.2) is 6.23 Å². The minimum atomic E-state index is -0.415. The normalized spacial score (nSPS) is 21.5. The molecule has 0 N–H and O–H groups in total. The Morgan fingerprint density at radius 2 is 2.47 bits per heavy atom. The highest BCUT2D eigenvalue weighted by atomic mass is 16.6. The van der Waals surface area contributed by atoms with E-state index in [0.717, 1.165) is 19.3 Å². The SMILES string of the molecule is Cc1c([N+](=O)[O-])cnn1C1CCCCO1. The largest absolute Gasteiger partial charge is 0.357 e. The van der Waals surface area contributed by atoms with E-state index in [-0.39, 0.29) is 11.9 Å². The molecule has 1 saturated heterocycles. The first kappa shape index (κ1) is 10.1. The summed E-state index contributed by atoms with van der Waals surface area (Å²) in [6.07, 6.45) is 4.16. The molecule has 1 atom stereocenters. The summed E-state index contributed by atoms with van der Waals surface area (Å²) < 4.78 is 7.12. The molecule has 6 nitrogen and oxygen atoms in total. The van der Waals surface area contributed by atoms with Gasteiger partial charge in [-0.25, -0.2) is 4.68 Å². The van der Waals surface area contributed by atoms with Gasteiger partial charge in [-0.15, -0.1) is 0 Å². The van der Waals surface area contributed by atoms with Gasteiger partial charge in [-0.2, -0.15) is 5.10 Å². The van der Waals surface area contributed by atoms with Crippen LogP contribution in [0.1, 0.15) is 31.2 Å². The zero-order chi connectivity index (χ0) is 10.8. The third-order valence-electron chi connectivity index (χ3n) is 2.64. The predicted molar refractivity (Wildman–Crippen MR) is 52.5 cm³/mol. The van der Waals surface area contributed by atoms with E-state index in [1.54, 1.807) is 11.6 Å². The van der Waals surface area contributed by atoms with Crippen molar-refractivity contribution < 1.29 is 9.66 Å². The molecule has 1 aliphatic heterocycles. The van der Waals surface area contributed by atoms with Gasteiger partial charge >= 0.3 is 5.69 Å². The third kappa shape index (κ3) is 1.85. The maximum Gasteiger partial charge on any atom is 0.309 e. The van der Waals surface area contributed by atoms with Crippen molar-refractivity contribution in [3.05, 3.63) is 22.0 Å². The highest BCUT2D eigenvalue weighted by Crippen LogP contribution is 2.26. The summed E-state index contributed by atoms with van der Waals surface area (Å²) in [5, 5.41) is 14.6. The van der Waals surface area contributed by atoms with E-state index in [0.29, 0.717) is 12.3 Å². The fourth-order valence-electron chi connectivity index (χ4n) is 1.80. The fraction of sp³-hybridized carbons (Fsp3) is 0.667. The van der Waals surface area contributed by atoms with E-state index in [1.807, 2.05) is 0 Å². The van der Waals surface area contributed by atoms with Crippen molar-refractivity contribution in [1.82, 2.24) is 9.78 Å². The Balaban J connectivity index is 2.24. The molecule has 0 aromatic carbocycles. The van der Waals surface area contributed by atoms with Crippen LogP contribution in [0.4, 0.5) is 5.69 Å². The van der Waals surface area contributed by atoms with E-state index in [2.05, 4.69) is 5.10 Å². The topological polar surface area (TPSA) is 70.2 Å². The van der Waals surface area contributed by atoms with Crippen LogP contribution in [0.5, 0.6) is 0 Å². The number of nitro groups is 1. The van der Waals surface area contributed by atoms with Crippen LogP contribution in [0.25, 0.3) is 0 Å². The molecule has 1 aliphatic rings. The van der Waals surface area contributed by atoms with Gasteiger partial charge in [0.05, 0.1) is 4.92 Å². The smallest absolute Gasteiger partial charge is 0.309 e. The molecular formula is C9H13N3O3. The number of hydrogen-bond acceptors (Lipinski definition) is 4. The molecule has 1 fully saturated rings. The molecule has 1 unspecified atom stereocenters. The molecule has 2 heterocycles. The van der Waals surface area contributed by atoms with Gasteiger partial charge in [0.1, 0.15) is 11.9 Å². The second kappa shape index (κ2) is 3.98. The van der Waals surface area contributed by atoms with Crippen molar-refractivity contribution in [3.63, 3.8) is 0 Å². The Hall–Kier alpha value is -1.43. The predicted octanol–water partition coefficient (Wildman–Crippen LogP) is 1.80. The fourth-order valence-corrected chi connectivity index (χ4v) is 1.80. The second-order valence-electron chi connectivity index (χ2n) is 3.64. The molecule has 0 radical (unpaired) electrons. The monoisotopic (exact) mass is 211 g/mol. The summed E-state index contributed by atoms with van der Waals surface area (Å²) in [6, 6.07) is 0. The van der Waals surface area contributed by atoms with Crippen LogP contribution in [0.15, 0.2) is 6.20 Å². The molecule has 0 spiro atoms. The number of ether oxygens (including phenoxy) is 1. The Bertz CT molecular complexity index is 369. The third-order valence-corrected chi connectivity index (χ3v) is 2.64. The van der Waals surface area contributed by atoms with Crippen LogP contribution in [0.2, 0.25) is 0 Å². The number of aromatic nitrogens is 2. The van der Waals surface area contributed by atoms with Gasteiger partial charge in [-0.3, -0.25) is 10.1 Å². The molecule has 0 saturated carbocycles. The zero-order valence-corrected chi connectivity index (χ0v) is 8.55. The lowest BCUT2D eigenvalue weighted by Crippen LogP contribution is -2.20. The van der Waals surface area contributed by atoms with Crippen molar-refractivity contribution in [2.45, 2.75) is 32.4 Å². The first-order valence-electron chi connectivity index (χ1n) is 5.00. The average Bonchev–Trinajstić information content (AvgIpc) is 2.61. The first-order chi connectivity index (χ1) is 7.20. The Morgan fingerprint density at radius 3 is 3.00 bits per heavy atom. The van der Waals surface area contributed by atoms with Crippen LogP contribution >= 0.6 is 0 Å². The highest BCUT2D eigenvalue weighted by molar-refractivity contribution is 5.31. The van der Waals surface area contributed by atoms with Crippen LogP contribution in [-0.2, 0) is 4.74 Å². The second-order valence-corrected chi connectivity index (χ2v) is 3.64. The van der Waals surface area contributed by atoms with E-state index < -0.39 is 4.92 Å². The van der Waals surface area contributed by atoms with E-state index in [1.165, 1.54) is 6.20 Å². The van der Waals surface area contributed by atoms with Gasteiger partial charge in [0.25, 0.3) is 0 Å². The number of rotatable bonds is 2. The van der Waals surface area contributed by atoms with Crippen molar-refractivity contribution in [3.8, 4) is 0 Å². The molecule has 0 aliphatic carbocycles. The van der Waals surface area contributed by atoms with Gasteiger partial charge in [0, 0.05) is 6.61 Å².